The third-order valence-electron chi connectivity index (χ3n) is 3.04. The van der Waals surface area contributed by atoms with Crippen molar-refractivity contribution in [2.24, 2.45) is 0 Å². The molecule has 0 spiro atoms. The zero-order valence-electron chi connectivity index (χ0n) is 9.19. The molecule has 0 amide bonds. The summed E-state index contributed by atoms with van der Waals surface area (Å²) in [5, 5.41) is 8.90. The number of benzene rings is 1. The molecule has 16 heavy (non-hydrogen) atoms. The third kappa shape index (κ3) is 1.94. The number of fused-ring (bicyclic) bond motifs is 1. The molecule has 1 aromatic carbocycles. The van der Waals surface area contributed by atoms with E-state index >= 15 is 0 Å². The molecule has 0 N–H and O–H groups in total. The number of ether oxygens (including phenoxy) is 1. The van der Waals surface area contributed by atoms with Gasteiger partial charge in [-0.15, -0.1) is 0 Å². The Morgan fingerprint density at radius 1 is 1.50 bits per heavy atom. The summed E-state index contributed by atoms with van der Waals surface area (Å²) in [6.45, 7) is 0.0837. The third-order valence-corrected chi connectivity index (χ3v) is 3.04. The molecule has 1 aromatic rings. The number of nitriles is 1. The van der Waals surface area contributed by atoms with Crippen molar-refractivity contribution in [1.82, 2.24) is 0 Å². The Hall–Kier alpha value is -1.76. The predicted molar refractivity (Wildman–Crippen MR) is 61.4 cm³/mol. The van der Waals surface area contributed by atoms with Gasteiger partial charge in [0.25, 0.3) is 6.71 Å². The summed E-state index contributed by atoms with van der Waals surface area (Å²) in [6.07, 6.45) is 2.59. The lowest BCUT2D eigenvalue weighted by atomic mass is 9.42. The van der Waals surface area contributed by atoms with E-state index in [2.05, 4.69) is 10.7 Å². The number of esters is 1. The Labute approximate surface area is 95.1 Å². The molecule has 2 rings (SSSR count). The Bertz CT molecular complexity index is 465. The van der Waals surface area contributed by atoms with Gasteiger partial charge in [0.05, 0.1) is 12.7 Å². The number of aryl methyl sites for hydroxylation is 1. The van der Waals surface area contributed by atoms with Gasteiger partial charge in [0.15, 0.2) is 0 Å². The van der Waals surface area contributed by atoms with Gasteiger partial charge in [-0.1, -0.05) is 17.9 Å². The fraction of sp³-hybridized carbons (Fsp3) is 0.333. The molecule has 0 fully saturated rings. The lowest BCUT2D eigenvalue weighted by Crippen LogP contribution is -2.22. The molecule has 1 aliphatic rings. The van der Waals surface area contributed by atoms with Gasteiger partial charge in [-0.3, -0.25) is 0 Å². The van der Waals surface area contributed by atoms with E-state index in [1.54, 1.807) is 6.07 Å². The molecule has 0 aromatic heterocycles. The van der Waals surface area contributed by atoms with Gasteiger partial charge in [0.1, 0.15) is 0 Å². The van der Waals surface area contributed by atoms with E-state index in [1.807, 2.05) is 12.1 Å². The van der Waals surface area contributed by atoms with E-state index in [9.17, 15) is 4.79 Å². The monoisotopic (exact) mass is 213 g/mol. The lowest BCUT2D eigenvalue weighted by molar-refractivity contribution is 0.0600. The van der Waals surface area contributed by atoms with Gasteiger partial charge in [-0.2, -0.15) is 0 Å². The Morgan fingerprint density at radius 3 is 3.00 bits per heavy atom. The first kappa shape index (κ1) is 10.8. The summed E-state index contributed by atoms with van der Waals surface area (Å²) in [4.78, 5) is 11.4. The van der Waals surface area contributed by atoms with Crippen molar-refractivity contribution in [3.8, 4) is 5.97 Å². The maximum absolute atomic E-state index is 11.4. The number of rotatable bonds is 1. The van der Waals surface area contributed by atoms with Gasteiger partial charge in [0.2, 0.25) is 0 Å². The van der Waals surface area contributed by atoms with Crippen LogP contribution in [0.5, 0.6) is 0 Å². The zero-order chi connectivity index (χ0) is 11.5. The number of hydrogen-bond acceptors (Lipinski definition) is 3. The largest absolute Gasteiger partial charge is 0.465 e. The summed E-state index contributed by atoms with van der Waals surface area (Å²) >= 11 is 0. The molecule has 80 valence electrons. The SMILES string of the molecule is COC(=O)c1ccc2c(c1)CB(C#N)CC2. The molecule has 1 aliphatic heterocycles. The van der Waals surface area contributed by atoms with E-state index in [1.165, 1.54) is 12.7 Å². The smallest absolute Gasteiger partial charge is 0.337 e. The van der Waals surface area contributed by atoms with Crippen molar-refractivity contribution in [3.05, 3.63) is 34.9 Å². The fourth-order valence-corrected chi connectivity index (χ4v) is 2.11. The van der Waals surface area contributed by atoms with Gasteiger partial charge in [0, 0.05) is 5.97 Å². The van der Waals surface area contributed by atoms with E-state index in [0.717, 1.165) is 24.6 Å². The standard InChI is InChI=1S/C12H12BNO2/c1-16-12(15)10-3-2-9-4-5-13(8-14)7-11(9)6-10/h2-3,6H,4-5,7H2,1H3. The summed E-state index contributed by atoms with van der Waals surface area (Å²) in [6, 6.07) is 5.61. The molecular weight excluding hydrogens is 201 g/mol. The highest BCUT2D eigenvalue weighted by Gasteiger charge is 2.22. The van der Waals surface area contributed by atoms with Crippen LogP contribution in [0.1, 0.15) is 21.5 Å². The molecule has 1 heterocycles. The van der Waals surface area contributed by atoms with Crippen LogP contribution < -0.4 is 0 Å². The molecule has 0 radical (unpaired) electrons. The van der Waals surface area contributed by atoms with Crippen LogP contribution in [0.2, 0.25) is 6.32 Å². The molecule has 0 unspecified atom stereocenters. The summed E-state index contributed by atoms with van der Waals surface area (Å²) in [7, 11) is 1.37. The van der Waals surface area contributed by atoms with Crippen LogP contribution in [-0.2, 0) is 17.5 Å². The average molecular weight is 213 g/mol. The molecule has 3 nitrogen and oxygen atoms in total. The molecule has 0 bridgehead atoms. The topological polar surface area (TPSA) is 50.1 Å². The molecule has 0 aliphatic carbocycles. The van der Waals surface area contributed by atoms with Crippen LogP contribution in [0.15, 0.2) is 18.2 Å². The van der Waals surface area contributed by atoms with Gasteiger partial charge < -0.3 is 4.74 Å². The summed E-state index contributed by atoms with van der Waals surface area (Å²) in [5.41, 5.74) is 2.93. The second kappa shape index (κ2) is 4.40. The predicted octanol–water partition coefficient (Wildman–Crippen LogP) is 1.67. The normalized spacial score (nSPS) is 13.9. The quantitative estimate of drug-likeness (QED) is 0.526. The molecule has 0 atom stereocenters. The van der Waals surface area contributed by atoms with E-state index in [0.29, 0.717) is 5.56 Å². The number of carbonyl (C=O) groups is 1. The summed E-state index contributed by atoms with van der Waals surface area (Å²) < 4.78 is 4.68. The van der Waals surface area contributed by atoms with Gasteiger partial charge >= 0.3 is 5.97 Å². The van der Waals surface area contributed by atoms with Crippen molar-refractivity contribution in [3.63, 3.8) is 0 Å². The Balaban J connectivity index is 2.31. The van der Waals surface area contributed by atoms with Gasteiger partial charge in [-0.05, 0) is 30.4 Å². The van der Waals surface area contributed by atoms with Crippen LogP contribution in [0.4, 0.5) is 0 Å². The van der Waals surface area contributed by atoms with Crippen LogP contribution in [0.3, 0.4) is 0 Å². The second-order valence-electron chi connectivity index (χ2n) is 4.04. The van der Waals surface area contributed by atoms with Gasteiger partial charge in [-0.25, -0.2) is 10.1 Å². The maximum Gasteiger partial charge on any atom is 0.337 e. The number of carbonyl (C=O) groups excluding carboxylic acids is 1. The van der Waals surface area contributed by atoms with Crippen molar-refractivity contribution in [2.75, 3.05) is 7.11 Å². The lowest BCUT2D eigenvalue weighted by Gasteiger charge is -2.17. The van der Waals surface area contributed by atoms with Crippen molar-refractivity contribution >= 4 is 12.7 Å². The molecule has 4 heteroatoms. The average Bonchev–Trinajstić information content (AvgIpc) is 2.36. The second-order valence-corrected chi connectivity index (χ2v) is 4.04. The minimum Gasteiger partial charge on any atom is -0.465 e. The van der Waals surface area contributed by atoms with Crippen LogP contribution in [0.25, 0.3) is 0 Å². The fourth-order valence-electron chi connectivity index (χ4n) is 2.11. The number of methoxy groups -OCH3 is 1. The maximum atomic E-state index is 11.4. The highest BCUT2D eigenvalue weighted by molar-refractivity contribution is 6.66. The Morgan fingerprint density at radius 2 is 2.31 bits per heavy atom. The highest BCUT2D eigenvalue weighted by Crippen LogP contribution is 2.22. The van der Waals surface area contributed by atoms with E-state index in [-0.39, 0.29) is 12.7 Å². The first-order valence-corrected chi connectivity index (χ1v) is 5.34. The first-order valence-electron chi connectivity index (χ1n) is 5.34. The molecule has 0 saturated heterocycles. The van der Waals surface area contributed by atoms with E-state index in [4.69, 9.17) is 5.26 Å². The highest BCUT2D eigenvalue weighted by atomic mass is 16.5. The van der Waals surface area contributed by atoms with Crippen LogP contribution >= 0.6 is 0 Å². The van der Waals surface area contributed by atoms with Crippen molar-refractivity contribution in [2.45, 2.75) is 19.1 Å². The van der Waals surface area contributed by atoms with E-state index < -0.39 is 0 Å². The first-order chi connectivity index (χ1) is 7.74. The Kier molecular flexibility index (Phi) is 2.96. The number of nitrogens with zero attached hydrogens (tertiary/aromatic N) is 1. The zero-order valence-corrected chi connectivity index (χ0v) is 9.19. The minimum absolute atomic E-state index is 0.0837. The van der Waals surface area contributed by atoms with Crippen molar-refractivity contribution in [1.29, 1.82) is 5.26 Å². The van der Waals surface area contributed by atoms with Crippen LogP contribution in [0, 0.1) is 11.2 Å². The van der Waals surface area contributed by atoms with Crippen molar-refractivity contribution < 1.29 is 9.53 Å². The molecule has 0 saturated carbocycles. The number of hydrogen-bond donors (Lipinski definition) is 0. The summed E-state index contributed by atoms with van der Waals surface area (Å²) in [5.74, 6) is 1.97. The van der Waals surface area contributed by atoms with Crippen LogP contribution in [-0.4, -0.2) is 19.8 Å². The minimum atomic E-state index is -0.318. The molecular formula is C12H12BNO2.